The number of rotatable bonds is 3. The van der Waals surface area contributed by atoms with Gasteiger partial charge in [-0.05, 0) is 37.8 Å². The van der Waals surface area contributed by atoms with Gasteiger partial charge in [0.15, 0.2) is 0 Å². The van der Waals surface area contributed by atoms with Crippen LogP contribution in [0.4, 0.5) is 11.4 Å². The molecule has 5 heteroatoms. The number of amides is 2. The van der Waals surface area contributed by atoms with Crippen LogP contribution >= 0.6 is 0 Å². The fraction of sp³-hybridized carbons (Fsp3) is 0.500. The Morgan fingerprint density at radius 1 is 1.24 bits per heavy atom. The molecule has 1 saturated carbocycles. The molecule has 2 amide bonds. The van der Waals surface area contributed by atoms with Crippen LogP contribution in [-0.2, 0) is 9.59 Å². The van der Waals surface area contributed by atoms with E-state index in [1.807, 2.05) is 50.2 Å². The van der Waals surface area contributed by atoms with Crippen molar-refractivity contribution in [2.45, 2.75) is 25.3 Å². The van der Waals surface area contributed by atoms with E-state index in [0.717, 1.165) is 24.2 Å². The van der Waals surface area contributed by atoms with Crippen LogP contribution in [0.15, 0.2) is 24.3 Å². The molecule has 2 fully saturated rings. The summed E-state index contributed by atoms with van der Waals surface area (Å²) in [5.74, 6) is 0.180. The molecule has 1 N–H and O–H groups in total. The van der Waals surface area contributed by atoms with E-state index in [-0.39, 0.29) is 24.3 Å². The van der Waals surface area contributed by atoms with E-state index < -0.39 is 5.54 Å². The van der Waals surface area contributed by atoms with E-state index in [4.69, 9.17) is 0 Å². The van der Waals surface area contributed by atoms with Gasteiger partial charge >= 0.3 is 0 Å². The zero-order chi connectivity index (χ0) is 15.2. The number of carbonyl (C=O) groups excluding carboxylic acids is 2. The first-order valence-electron chi connectivity index (χ1n) is 7.33. The molecule has 0 bridgehead atoms. The summed E-state index contributed by atoms with van der Waals surface area (Å²) in [5.41, 5.74) is 0.988. The summed E-state index contributed by atoms with van der Waals surface area (Å²) in [5, 5.41) is 2.91. The Morgan fingerprint density at radius 2 is 1.90 bits per heavy atom. The lowest BCUT2D eigenvalue weighted by Crippen LogP contribution is -2.66. The molecule has 1 aliphatic heterocycles. The first-order chi connectivity index (χ1) is 9.93. The normalized spacial score (nSPS) is 25.8. The summed E-state index contributed by atoms with van der Waals surface area (Å²) in [6, 6.07) is 7.70. The van der Waals surface area contributed by atoms with Crippen molar-refractivity contribution in [3.63, 3.8) is 0 Å². The maximum Gasteiger partial charge on any atom is 0.253 e. The van der Waals surface area contributed by atoms with Gasteiger partial charge in [0.2, 0.25) is 5.91 Å². The summed E-state index contributed by atoms with van der Waals surface area (Å²) in [4.78, 5) is 28.6. The predicted octanol–water partition coefficient (Wildman–Crippen LogP) is 1.38. The number of anilines is 2. The van der Waals surface area contributed by atoms with Crippen LogP contribution in [0.5, 0.6) is 0 Å². The van der Waals surface area contributed by atoms with Gasteiger partial charge in [-0.3, -0.25) is 14.5 Å². The molecule has 3 rings (SSSR count). The fourth-order valence-electron chi connectivity index (χ4n) is 3.08. The summed E-state index contributed by atoms with van der Waals surface area (Å²) in [7, 11) is 3.88. The third-order valence-electron chi connectivity index (χ3n) is 4.44. The Labute approximate surface area is 124 Å². The van der Waals surface area contributed by atoms with E-state index in [2.05, 4.69) is 5.32 Å². The minimum Gasteiger partial charge on any atom is -0.376 e. The molecule has 112 valence electrons. The van der Waals surface area contributed by atoms with Gasteiger partial charge in [-0.25, -0.2) is 0 Å². The van der Waals surface area contributed by atoms with Gasteiger partial charge in [0, 0.05) is 14.1 Å². The largest absolute Gasteiger partial charge is 0.376 e. The second-order valence-corrected chi connectivity index (χ2v) is 6.30. The topological polar surface area (TPSA) is 52.6 Å². The highest BCUT2D eigenvalue weighted by atomic mass is 16.2. The highest BCUT2D eigenvalue weighted by molar-refractivity contribution is 6.10. The minimum atomic E-state index is -0.755. The predicted molar refractivity (Wildman–Crippen MR) is 82.4 cm³/mol. The van der Waals surface area contributed by atoms with E-state index in [9.17, 15) is 9.59 Å². The molecule has 0 spiro atoms. The van der Waals surface area contributed by atoms with Gasteiger partial charge < -0.3 is 10.2 Å². The Bertz CT molecular complexity index is 595. The van der Waals surface area contributed by atoms with Gasteiger partial charge in [-0.1, -0.05) is 12.1 Å². The van der Waals surface area contributed by atoms with E-state index >= 15 is 0 Å². The van der Waals surface area contributed by atoms with Gasteiger partial charge in [0.05, 0.1) is 11.4 Å². The van der Waals surface area contributed by atoms with Crippen molar-refractivity contribution < 1.29 is 9.59 Å². The highest BCUT2D eigenvalue weighted by Gasteiger charge is 2.53. The molecule has 1 saturated heterocycles. The lowest BCUT2D eigenvalue weighted by Gasteiger charge is -2.41. The number of hydrogen-bond donors (Lipinski definition) is 1. The first-order valence-corrected chi connectivity index (χ1v) is 7.33. The maximum atomic E-state index is 12.9. The van der Waals surface area contributed by atoms with Crippen LogP contribution < -0.4 is 15.1 Å². The Balaban J connectivity index is 2.01. The Kier molecular flexibility index (Phi) is 3.15. The van der Waals surface area contributed by atoms with Crippen molar-refractivity contribution in [3.05, 3.63) is 24.3 Å². The number of nitrogens with one attached hydrogen (secondary N) is 1. The molecule has 1 aromatic carbocycles. The smallest absolute Gasteiger partial charge is 0.253 e. The van der Waals surface area contributed by atoms with Crippen molar-refractivity contribution in [1.82, 2.24) is 5.32 Å². The molecule has 1 unspecified atom stereocenters. The molecular formula is C16H21N3O2. The van der Waals surface area contributed by atoms with E-state index in [0.29, 0.717) is 0 Å². The number of piperazine rings is 1. The average molecular weight is 287 g/mol. The lowest BCUT2D eigenvalue weighted by molar-refractivity contribution is -0.136. The average Bonchev–Trinajstić information content (AvgIpc) is 3.27. The summed E-state index contributed by atoms with van der Waals surface area (Å²) >= 11 is 0. The Morgan fingerprint density at radius 3 is 2.52 bits per heavy atom. The van der Waals surface area contributed by atoms with Crippen LogP contribution in [0.3, 0.4) is 0 Å². The van der Waals surface area contributed by atoms with Gasteiger partial charge in [-0.15, -0.1) is 0 Å². The molecule has 5 nitrogen and oxygen atoms in total. The Hall–Kier alpha value is -2.04. The monoisotopic (exact) mass is 287 g/mol. The van der Waals surface area contributed by atoms with Crippen molar-refractivity contribution in [1.29, 1.82) is 0 Å². The second-order valence-electron chi connectivity index (χ2n) is 6.30. The lowest BCUT2D eigenvalue weighted by atomic mass is 9.91. The third-order valence-corrected chi connectivity index (χ3v) is 4.44. The van der Waals surface area contributed by atoms with Crippen molar-refractivity contribution in [2.75, 3.05) is 30.4 Å². The number of benzene rings is 1. The summed E-state index contributed by atoms with van der Waals surface area (Å²) in [6.45, 7) is 1.95. The molecule has 2 aliphatic rings. The van der Waals surface area contributed by atoms with Gasteiger partial charge in [-0.2, -0.15) is 0 Å². The van der Waals surface area contributed by atoms with Crippen LogP contribution in [0.25, 0.3) is 0 Å². The first kappa shape index (κ1) is 13.9. The molecule has 0 aromatic heterocycles. The molecule has 1 atom stereocenters. The van der Waals surface area contributed by atoms with Crippen LogP contribution in [0.1, 0.15) is 19.8 Å². The number of nitrogens with zero attached hydrogens (tertiary/aromatic N) is 2. The van der Waals surface area contributed by atoms with Gasteiger partial charge in [0.25, 0.3) is 5.91 Å². The van der Waals surface area contributed by atoms with Crippen molar-refractivity contribution in [2.24, 2.45) is 5.92 Å². The SMILES string of the molecule is CN(C)c1ccccc1N1CC(=O)NC(C)(C2CC2)C1=O. The van der Waals surface area contributed by atoms with Crippen molar-refractivity contribution in [3.8, 4) is 0 Å². The molecule has 0 radical (unpaired) electrons. The highest BCUT2D eigenvalue weighted by Crippen LogP contribution is 2.43. The van der Waals surface area contributed by atoms with E-state index in [1.165, 1.54) is 0 Å². The number of hydrogen-bond acceptors (Lipinski definition) is 3. The fourth-order valence-corrected chi connectivity index (χ4v) is 3.08. The van der Waals surface area contributed by atoms with Crippen LogP contribution in [0, 0.1) is 5.92 Å². The maximum absolute atomic E-state index is 12.9. The zero-order valence-corrected chi connectivity index (χ0v) is 12.7. The van der Waals surface area contributed by atoms with Gasteiger partial charge in [0.1, 0.15) is 12.1 Å². The third kappa shape index (κ3) is 2.26. The van der Waals surface area contributed by atoms with Crippen molar-refractivity contribution >= 4 is 23.2 Å². The molecule has 1 aliphatic carbocycles. The standard InChI is InChI=1S/C16H21N3O2/c1-16(11-8-9-11)15(21)19(10-14(20)17-16)13-7-5-4-6-12(13)18(2)3/h4-7,11H,8-10H2,1-3H3,(H,17,20). The molecule has 1 aromatic rings. The summed E-state index contributed by atoms with van der Waals surface area (Å²) in [6.07, 6.45) is 2.01. The molecule has 21 heavy (non-hydrogen) atoms. The minimum absolute atomic E-state index is 0.00102. The van der Waals surface area contributed by atoms with Crippen LogP contribution in [0.2, 0.25) is 0 Å². The summed E-state index contributed by atoms with van der Waals surface area (Å²) < 4.78 is 0. The van der Waals surface area contributed by atoms with Crippen LogP contribution in [-0.4, -0.2) is 38.0 Å². The van der Waals surface area contributed by atoms with E-state index in [1.54, 1.807) is 4.90 Å². The molecule has 1 heterocycles. The molecular weight excluding hydrogens is 266 g/mol. The number of carbonyl (C=O) groups is 2. The quantitative estimate of drug-likeness (QED) is 0.914. The zero-order valence-electron chi connectivity index (χ0n) is 12.7. The number of para-hydroxylation sites is 2. The second kappa shape index (κ2) is 4.76.